The molecular formula is C20H24N2O3. The lowest BCUT2D eigenvalue weighted by Gasteiger charge is -2.26. The van der Waals surface area contributed by atoms with Crippen molar-refractivity contribution in [3.8, 4) is 11.5 Å². The first-order valence-electron chi connectivity index (χ1n) is 8.54. The molecule has 25 heavy (non-hydrogen) atoms. The number of fused-ring (bicyclic) bond motifs is 1. The quantitative estimate of drug-likeness (QED) is 0.880. The summed E-state index contributed by atoms with van der Waals surface area (Å²) >= 11 is 0. The molecule has 1 aliphatic rings. The van der Waals surface area contributed by atoms with E-state index in [4.69, 9.17) is 9.47 Å². The predicted octanol–water partition coefficient (Wildman–Crippen LogP) is 2.85. The molecule has 3 rings (SSSR count). The molecule has 0 radical (unpaired) electrons. The van der Waals surface area contributed by atoms with E-state index in [9.17, 15) is 4.79 Å². The van der Waals surface area contributed by atoms with Crippen LogP contribution in [0.15, 0.2) is 42.5 Å². The molecule has 2 aromatic carbocycles. The first kappa shape index (κ1) is 17.1. The fourth-order valence-corrected chi connectivity index (χ4v) is 3.03. The van der Waals surface area contributed by atoms with Crippen molar-refractivity contribution in [1.82, 2.24) is 10.6 Å². The maximum atomic E-state index is 12.1. The Morgan fingerprint density at radius 1 is 1.28 bits per heavy atom. The van der Waals surface area contributed by atoms with Gasteiger partial charge in [0.15, 0.2) is 0 Å². The second-order valence-electron chi connectivity index (χ2n) is 6.26. The number of rotatable bonds is 5. The first-order valence-corrected chi connectivity index (χ1v) is 8.54. The van der Waals surface area contributed by atoms with Crippen LogP contribution in [-0.2, 0) is 12.8 Å². The summed E-state index contributed by atoms with van der Waals surface area (Å²) in [6, 6.07) is 13.8. The number of nitrogens with one attached hydrogen (secondary N) is 2. The number of amides is 2. The molecule has 0 fully saturated rings. The zero-order valence-electron chi connectivity index (χ0n) is 14.7. The van der Waals surface area contributed by atoms with Crippen molar-refractivity contribution in [2.45, 2.75) is 25.8 Å². The van der Waals surface area contributed by atoms with Crippen LogP contribution in [0.1, 0.15) is 16.7 Å². The Kier molecular flexibility index (Phi) is 5.43. The zero-order chi connectivity index (χ0) is 17.6. The summed E-state index contributed by atoms with van der Waals surface area (Å²) in [5, 5.41) is 5.90. The number of ether oxygens (including phenoxy) is 2. The van der Waals surface area contributed by atoms with Crippen molar-refractivity contribution >= 4 is 6.03 Å². The number of methoxy groups -OCH3 is 1. The highest BCUT2D eigenvalue weighted by molar-refractivity contribution is 5.74. The van der Waals surface area contributed by atoms with Crippen molar-refractivity contribution in [3.05, 3.63) is 59.2 Å². The van der Waals surface area contributed by atoms with Crippen LogP contribution in [0, 0.1) is 6.92 Å². The van der Waals surface area contributed by atoms with Crippen LogP contribution >= 0.6 is 0 Å². The number of hydrogen-bond donors (Lipinski definition) is 2. The van der Waals surface area contributed by atoms with Gasteiger partial charge in [-0.3, -0.25) is 0 Å². The summed E-state index contributed by atoms with van der Waals surface area (Å²) in [7, 11) is 1.64. The summed E-state index contributed by atoms with van der Waals surface area (Å²) in [6.07, 6.45) is 1.55. The van der Waals surface area contributed by atoms with Gasteiger partial charge in [-0.15, -0.1) is 0 Å². The van der Waals surface area contributed by atoms with Gasteiger partial charge in [0.25, 0.3) is 0 Å². The minimum Gasteiger partial charge on any atom is -0.497 e. The van der Waals surface area contributed by atoms with E-state index in [2.05, 4.69) is 29.7 Å². The van der Waals surface area contributed by atoms with Gasteiger partial charge in [-0.1, -0.05) is 24.3 Å². The summed E-state index contributed by atoms with van der Waals surface area (Å²) in [5.41, 5.74) is 3.55. The normalized spacial score (nSPS) is 15.7. The highest BCUT2D eigenvalue weighted by Crippen LogP contribution is 2.28. The molecule has 0 saturated heterocycles. The van der Waals surface area contributed by atoms with Crippen LogP contribution in [0.3, 0.4) is 0 Å². The fourth-order valence-electron chi connectivity index (χ4n) is 3.03. The molecule has 1 aliphatic heterocycles. The molecule has 0 spiro atoms. The number of hydrogen-bond acceptors (Lipinski definition) is 3. The minimum atomic E-state index is -0.159. The summed E-state index contributed by atoms with van der Waals surface area (Å²) in [6.45, 7) is 3.17. The molecule has 0 saturated carbocycles. The second-order valence-corrected chi connectivity index (χ2v) is 6.26. The molecule has 5 heteroatoms. The van der Waals surface area contributed by atoms with Crippen LogP contribution in [0.4, 0.5) is 4.79 Å². The van der Waals surface area contributed by atoms with Crippen LogP contribution < -0.4 is 20.1 Å². The molecule has 5 nitrogen and oxygen atoms in total. The Bertz CT molecular complexity index is 745. The van der Waals surface area contributed by atoms with Crippen molar-refractivity contribution < 1.29 is 14.3 Å². The van der Waals surface area contributed by atoms with Gasteiger partial charge < -0.3 is 20.1 Å². The molecule has 2 N–H and O–H groups in total. The van der Waals surface area contributed by atoms with Gasteiger partial charge in [-0.2, -0.15) is 0 Å². The molecule has 1 unspecified atom stereocenters. The lowest BCUT2D eigenvalue weighted by molar-refractivity contribution is 0.214. The Balaban J connectivity index is 1.48. The molecule has 2 aromatic rings. The molecule has 0 bridgehead atoms. The minimum absolute atomic E-state index is 0.0435. The van der Waals surface area contributed by atoms with Crippen LogP contribution in [0.2, 0.25) is 0 Å². The Labute approximate surface area is 148 Å². The van der Waals surface area contributed by atoms with Crippen molar-refractivity contribution in [3.63, 3.8) is 0 Å². The molecular weight excluding hydrogens is 316 g/mol. The van der Waals surface area contributed by atoms with E-state index in [-0.39, 0.29) is 12.1 Å². The summed E-state index contributed by atoms with van der Waals surface area (Å²) < 4.78 is 11.0. The molecule has 0 aromatic heterocycles. The van der Waals surface area contributed by atoms with Gasteiger partial charge in [0.1, 0.15) is 18.1 Å². The number of carbonyl (C=O) groups is 1. The molecule has 1 heterocycles. The SMILES string of the molecule is COc1ccc2c(c1)CC(NC(=O)NCCc1ccccc1C)CO2. The second kappa shape index (κ2) is 7.92. The summed E-state index contributed by atoms with van der Waals surface area (Å²) in [5.74, 6) is 1.66. The smallest absolute Gasteiger partial charge is 0.315 e. The average Bonchev–Trinajstić information content (AvgIpc) is 2.62. The third-order valence-corrected chi connectivity index (χ3v) is 4.45. The molecule has 1 atom stereocenters. The van der Waals surface area contributed by atoms with Gasteiger partial charge in [0.2, 0.25) is 0 Å². The first-order chi connectivity index (χ1) is 12.2. The van der Waals surface area contributed by atoms with Gasteiger partial charge in [0, 0.05) is 6.54 Å². The largest absolute Gasteiger partial charge is 0.497 e. The van der Waals surface area contributed by atoms with Gasteiger partial charge in [-0.25, -0.2) is 4.79 Å². The zero-order valence-corrected chi connectivity index (χ0v) is 14.7. The van der Waals surface area contributed by atoms with Crippen LogP contribution in [-0.4, -0.2) is 32.3 Å². The number of benzene rings is 2. The van der Waals surface area contributed by atoms with Gasteiger partial charge in [0.05, 0.1) is 13.2 Å². The Morgan fingerprint density at radius 2 is 2.12 bits per heavy atom. The Morgan fingerprint density at radius 3 is 2.92 bits per heavy atom. The lowest BCUT2D eigenvalue weighted by atomic mass is 10.0. The van der Waals surface area contributed by atoms with Crippen molar-refractivity contribution in [1.29, 1.82) is 0 Å². The third kappa shape index (κ3) is 4.44. The van der Waals surface area contributed by atoms with Crippen LogP contribution in [0.25, 0.3) is 0 Å². The summed E-state index contributed by atoms with van der Waals surface area (Å²) in [4.78, 5) is 12.1. The molecule has 2 amide bonds. The average molecular weight is 340 g/mol. The predicted molar refractivity (Wildman–Crippen MR) is 97.4 cm³/mol. The van der Waals surface area contributed by atoms with E-state index < -0.39 is 0 Å². The number of carbonyl (C=O) groups excluding carboxylic acids is 1. The van der Waals surface area contributed by atoms with E-state index >= 15 is 0 Å². The van der Waals surface area contributed by atoms with Gasteiger partial charge >= 0.3 is 6.03 Å². The van der Waals surface area contributed by atoms with E-state index in [1.165, 1.54) is 11.1 Å². The van der Waals surface area contributed by atoms with E-state index in [0.29, 0.717) is 13.2 Å². The maximum Gasteiger partial charge on any atom is 0.315 e. The van der Waals surface area contributed by atoms with E-state index in [1.807, 2.05) is 30.3 Å². The van der Waals surface area contributed by atoms with Gasteiger partial charge in [-0.05, 0) is 54.7 Å². The van der Waals surface area contributed by atoms with Crippen molar-refractivity contribution in [2.24, 2.45) is 0 Å². The van der Waals surface area contributed by atoms with Crippen LogP contribution in [0.5, 0.6) is 11.5 Å². The number of urea groups is 1. The maximum absolute atomic E-state index is 12.1. The highest BCUT2D eigenvalue weighted by Gasteiger charge is 2.21. The molecule has 132 valence electrons. The third-order valence-electron chi connectivity index (χ3n) is 4.45. The molecule has 0 aliphatic carbocycles. The van der Waals surface area contributed by atoms with Crippen molar-refractivity contribution in [2.75, 3.05) is 20.3 Å². The fraction of sp³-hybridized carbons (Fsp3) is 0.350. The highest BCUT2D eigenvalue weighted by atomic mass is 16.5. The standard InChI is InChI=1S/C20H24N2O3/c1-14-5-3-4-6-15(14)9-10-21-20(23)22-17-11-16-12-18(24-2)7-8-19(16)25-13-17/h3-8,12,17H,9-11,13H2,1-2H3,(H2,21,22,23). The topological polar surface area (TPSA) is 59.6 Å². The lowest BCUT2D eigenvalue weighted by Crippen LogP contribution is -2.47. The number of aryl methyl sites for hydroxylation is 1. The van der Waals surface area contributed by atoms with E-state index in [0.717, 1.165) is 29.9 Å². The van der Waals surface area contributed by atoms with E-state index in [1.54, 1.807) is 7.11 Å². The monoisotopic (exact) mass is 340 g/mol. The Hall–Kier alpha value is -2.69.